The number of carbonyl (C=O) groups is 1. The number of carbonyl (C=O) groups excluding carboxylic acids is 1. The number of hydrogen-bond donors (Lipinski definition) is 0. The highest BCUT2D eigenvalue weighted by molar-refractivity contribution is 5.82. The third-order valence-electron chi connectivity index (χ3n) is 4.80. The fourth-order valence-electron chi connectivity index (χ4n) is 3.30. The van der Waals surface area contributed by atoms with E-state index >= 15 is 0 Å². The minimum absolute atomic E-state index is 0.0152. The smallest absolute Gasteiger partial charge is 0.240 e. The third-order valence-corrected chi connectivity index (χ3v) is 4.80. The summed E-state index contributed by atoms with van der Waals surface area (Å²) in [5.41, 5.74) is 1.39. The topological polar surface area (TPSA) is 36.7 Å². The van der Waals surface area contributed by atoms with Crippen LogP contribution in [-0.4, -0.2) is 35.3 Å². The molecule has 0 radical (unpaired) electrons. The summed E-state index contributed by atoms with van der Waals surface area (Å²) in [5.74, 6) is -0.393. The lowest BCUT2D eigenvalue weighted by Crippen LogP contribution is -2.50. The van der Waals surface area contributed by atoms with Crippen LogP contribution in [0.4, 0.5) is 8.78 Å². The Morgan fingerprint density at radius 1 is 1.28 bits per heavy atom. The molecule has 1 atom stereocenters. The van der Waals surface area contributed by atoms with Crippen molar-refractivity contribution in [2.45, 2.75) is 38.9 Å². The van der Waals surface area contributed by atoms with Crippen LogP contribution in [0.3, 0.4) is 0 Å². The molecule has 0 spiro atoms. The van der Waals surface area contributed by atoms with E-state index in [1.54, 1.807) is 11.2 Å². The summed E-state index contributed by atoms with van der Waals surface area (Å²) in [5, 5.41) is 0. The van der Waals surface area contributed by atoms with Gasteiger partial charge in [0.15, 0.2) is 0 Å². The number of furan rings is 1. The van der Waals surface area contributed by atoms with Crippen LogP contribution in [0.1, 0.15) is 29.7 Å². The van der Waals surface area contributed by atoms with Gasteiger partial charge in [-0.3, -0.25) is 9.69 Å². The summed E-state index contributed by atoms with van der Waals surface area (Å²) in [6.07, 6.45) is 3.27. The molecule has 4 nitrogen and oxygen atoms in total. The number of nitrogens with zero attached hydrogens (tertiary/aromatic N) is 2. The summed E-state index contributed by atoms with van der Waals surface area (Å²) >= 11 is 0. The van der Waals surface area contributed by atoms with Crippen molar-refractivity contribution >= 4 is 5.91 Å². The Labute approximate surface area is 146 Å². The Bertz CT molecular complexity index is 760. The van der Waals surface area contributed by atoms with Gasteiger partial charge in [-0.15, -0.1) is 0 Å². The molecule has 1 amide bonds. The highest BCUT2D eigenvalue weighted by Crippen LogP contribution is 2.22. The number of hydrogen-bond acceptors (Lipinski definition) is 3. The van der Waals surface area contributed by atoms with Crippen molar-refractivity contribution in [1.29, 1.82) is 0 Å². The first-order chi connectivity index (χ1) is 12.0. The van der Waals surface area contributed by atoms with E-state index < -0.39 is 11.6 Å². The normalized spacial score (nSPS) is 18.2. The molecule has 1 aromatic carbocycles. The quantitative estimate of drug-likeness (QED) is 0.830. The van der Waals surface area contributed by atoms with Crippen molar-refractivity contribution < 1.29 is 18.0 Å². The summed E-state index contributed by atoms with van der Waals surface area (Å²) in [4.78, 5) is 16.5. The lowest BCUT2D eigenvalue weighted by atomic mass is 10.0. The van der Waals surface area contributed by atoms with Crippen LogP contribution in [-0.2, 0) is 17.9 Å². The number of benzene rings is 1. The van der Waals surface area contributed by atoms with E-state index in [1.807, 2.05) is 24.9 Å². The number of aryl methyl sites for hydroxylation is 1. The first-order valence-corrected chi connectivity index (χ1v) is 8.41. The predicted molar refractivity (Wildman–Crippen MR) is 89.7 cm³/mol. The molecule has 1 fully saturated rings. The van der Waals surface area contributed by atoms with Crippen LogP contribution in [0.5, 0.6) is 0 Å². The molecule has 2 aromatic rings. The average molecular weight is 348 g/mol. The molecule has 0 bridgehead atoms. The molecule has 1 aliphatic rings. The lowest BCUT2D eigenvalue weighted by molar-refractivity contribution is -0.140. The third kappa shape index (κ3) is 3.90. The number of likely N-dealkylation sites (N-methyl/N-ethyl adjacent to an activating group) is 1. The summed E-state index contributed by atoms with van der Waals surface area (Å²) < 4.78 is 32.2. The van der Waals surface area contributed by atoms with Gasteiger partial charge < -0.3 is 9.32 Å². The standard InChI is InChI=1S/C19H22F2N2O2/c1-13-14(7-9-25-13)11-22(2)18-4-3-8-23(19(18)24)12-15-5-6-16(20)10-17(15)21/h5-7,9-10,18H,3-4,8,11-12H2,1-2H3. The maximum atomic E-state index is 13.9. The molecular weight excluding hydrogens is 326 g/mol. The second kappa shape index (κ2) is 7.35. The van der Waals surface area contributed by atoms with Gasteiger partial charge in [0.05, 0.1) is 12.3 Å². The van der Waals surface area contributed by atoms with Crippen LogP contribution in [0.2, 0.25) is 0 Å². The zero-order chi connectivity index (χ0) is 18.0. The van der Waals surface area contributed by atoms with Crippen LogP contribution in [0, 0.1) is 18.6 Å². The number of piperidine rings is 1. The molecule has 1 aliphatic heterocycles. The highest BCUT2D eigenvalue weighted by Gasteiger charge is 2.32. The first-order valence-electron chi connectivity index (χ1n) is 8.41. The van der Waals surface area contributed by atoms with E-state index in [1.165, 1.54) is 12.1 Å². The Morgan fingerprint density at radius 3 is 2.76 bits per heavy atom. The lowest BCUT2D eigenvalue weighted by Gasteiger charge is -2.37. The van der Waals surface area contributed by atoms with Gasteiger partial charge in [-0.2, -0.15) is 0 Å². The minimum Gasteiger partial charge on any atom is -0.469 e. The molecule has 0 aliphatic carbocycles. The molecule has 25 heavy (non-hydrogen) atoms. The van der Waals surface area contributed by atoms with Gasteiger partial charge in [0.25, 0.3) is 0 Å². The SMILES string of the molecule is Cc1occc1CN(C)C1CCCN(Cc2ccc(F)cc2F)C1=O. The van der Waals surface area contributed by atoms with Gasteiger partial charge in [-0.1, -0.05) is 6.07 Å². The highest BCUT2D eigenvalue weighted by atomic mass is 19.1. The molecule has 2 heterocycles. The molecule has 0 N–H and O–H groups in total. The summed E-state index contributed by atoms with van der Waals surface area (Å²) in [6, 6.07) is 5.14. The van der Waals surface area contributed by atoms with Gasteiger partial charge in [-0.25, -0.2) is 8.78 Å². The fourth-order valence-corrected chi connectivity index (χ4v) is 3.30. The zero-order valence-electron chi connectivity index (χ0n) is 14.5. The van der Waals surface area contributed by atoms with E-state index in [0.717, 1.165) is 30.2 Å². The molecule has 1 aromatic heterocycles. The van der Waals surface area contributed by atoms with Gasteiger partial charge in [0.1, 0.15) is 17.4 Å². The number of rotatable bonds is 5. The second-order valence-electron chi connectivity index (χ2n) is 6.57. The summed E-state index contributed by atoms with van der Waals surface area (Å²) in [6.45, 7) is 3.28. The monoisotopic (exact) mass is 348 g/mol. The van der Waals surface area contributed by atoms with Crippen LogP contribution in [0.25, 0.3) is 0 Å². The molecular formula is C19H22F2N2O2. The molecule has 134 valence electrons. The van der Waals surface area contributed by atoms with E-state index in [0.29, 0.717) is 18.7 Å². The van der Waals surface area contributed by atoms with Crippen LogP contribution < -0.4 is 0 Å². The minimum atomic E-state index is -0.614. The Hall–Kier alpha value is -2.21. The largest absolute Gasteiger partial charge is 0.469 e. The van der Waals surface area contributed by atoms with Gasteiger partial charge >= 0.3 is 0 Å². The van der Waals surface area contributed by atoms with Gasteiger partial charge in [-0.05, 0) is 38.9 Å². The molecule has 6 heteroatoms. The molecule has 1 saturated heterocycles. The average Bonchev–Trinajstić information content (AvgIpc) is 2.96. The Kier molecular flexibility index (Phi) is 5.18. The molecule has 1 unspecified atom stereocenters. The van der Waals surface area contributed by atoms with E-state index in [4.69, 9.17) is 4.42 Å². The second-order valence-corrected chi connectivity index (χ2v) is 6.57. The van der Waals surface area contributed by atoms with Gasteiger partial charge in [0, 0.05) is 36.8 Å². The Morgan fingerprint density at radius 2 is 2.08 bits per heavy atom. The van der Waals surface area contributed by atoms with Crippen molar-refractivity contribution in [2.75, 3.05) is 13.6 Å². The van der Waals surface area contributed by atoms with E-state index in [-0.39, 0.29) is 18.5 Å². The first kappa shape index (κ1) is 17.6. The maximum Gasteiger partial charge on any atom is 0.240 e. The Balaban J connectivity index is 1.69. The van der Waals surface area contributed by atoms with Crippen molar-refractivity contribution in [3.8, 4) is 0 Å². The van der Waals surface area contributed by atoms with Crippen molar-refractivity contribution in [1.82, 2.24) is 9.80 Å². The molecule has 0 saturated carbocycles. The predicted octanol–water partition coefficient (Wildman–Crippen LogP) is 3.49. The summed E-state index contributed by atoms with van der Waals surface area (Å²) in [7, 11) is 1.91. The van der Waals surface area contributed by atoms with Crippen molar-refractivity contribution in [3.05, 3.63) is 59.1 Å². The van der Waals surface area contributed by atoms with Crippen LogP contribution in [0.15, 0.2) is 34.9 Å². The zero-order valence-corrected chi connectivity index (χ0v) is 14.5. The van der Waals surface area contributed by atoms with Crippen molar-refractivity contribution in [3.63, 3.8) is 0 Å². The van der Waals surface area contributed by atoms with Crippen LogP contribution >= 0.6 is 0 Å². The molecule has 3 rings (SSSR count). The van der Waals surface area contributed by atoms with Crippen molar-refractivity contribution in [2.24, 2.45) is 0 Å². The van der Waals surface area contributed by atoms with Gasteiger partial charge in [0.2, 0.25) is 5.91 Å². The maximum absolute atomic E-state index is 13.9. The number of likely N-dealkylation sites (tertiary alicyclic amines) is 1. The number of halogens is 2. The number of amides is 1. The van der Waals surface area contributed by atoms with E-state index in [2.05, 4.69) is 0 Å². The van der Waals surface area contributed by atoms with E-state index in [9.17, 15) is 13.6 Å². The fraction of sp³-hybridized carbons (Fsp3) is 0.421.